The number of rotatable bonds is 3. The Bertz CT molecular complexity index is 574. The molecular weight excluding hydrogens is 226 g/mol. The van der Waals surface area contributed by atoms with Gasteiger partial charge in [-0.1, -0.05) is 24.3 Å². The molecule has 1 heterocycles. The van der Waals surface area contributed by atoms with Crippen molar-refractivity contribution in [1.29, 1.82) is 0 Å². The van der Waals surface area contributed by atoms with Gasteiger partial charge in [0.1, 0.15) is 0 Å². The van der Waals surface area contributed by atoms with Crippen molar-refractivity contribution >= 4 is 12.0 Å². The number of primary amides is 1. The first-order valence-electron chi connectivity index (χ1n) is 5.44. The molecule has 0 unspecified atom stereocenters. The maximum atomic E-state index is 10.8. The molecule has 0 aliphatic rings. The Hall–Kier alpha value is -2.62. The number of aromatic nitrogens is 1. The van der Waals surface area contributed by atoms with Crippen LogP contribution in [-0.4, -0.2) is 10.9 Å². The van der Waals surface area contributed by atoms with Gasteiger partial charge in [0.05, 0.1) is 5.70 Å². The molecule has 4 heteroatoms. The summed E-state index contributed by atoms with van der Waals surface area (Å²) in [6.07, 6.45) is 5.04. The number of hydrogen-bond donors (Lipinski definition) is 2. The van der Waals surface area contributed by atoms with Gasteiger partial charge in [-0.2, -0.15) is 0 Å². The van der Waals surface area contributed by atoms with E-state index in [0.29, 0.717) is 0 Å². The van der Waals surface area contributed by atoms with E-state index in [2.05, 4.69) is 4.98 Å². The monoisotopic (exact) mass is 239 g/mol. The Kier molecular flexibility index (Phi) is 3.38. The second-order valence-corrected chi connectivity index (χ2v) is 3.82. The number of amides is 1. The standard InChI is InChI=1S/C14H13N3O/c15-13(14(16)18)9-10-1-3-11(4-2-10)12-5-7-17-8-6-12/h1-9H,15H2,(H2,16,18)/b13-9-. The molecule has 0 saturated carbocycles. The Morgan fingerprint density at radius 2 is 1.50 bits per heavy atom. The van der Waals surface area contributed by atoms with Crippen LogP contribution >= 0.6 is 0 Å². The molecule has 0 radical (unpaired) electrons. The topological polar surface area (TPSA) is 82.0 Å². The van der Waals surface area contributed by atoms with Gasteiger partial charge in [-0.3, -0.25) is 9.78 Å². The Balaban J connectivity index is 2.26. The minimum absolute atomic E-state index is 0.0478. The third kappa shape index (κ3) is 2.74. The molecule has 0 saturated heterocycles. The summed E-state index contributed by atoms with van der Waals surface area (Å²) in [7, 11) is 0. The summed E-state index contributed by atoms with van der Waals surface area (Å²) in [5.74, 6) is -0.617. The molecule has 4 N–H and O–H groups in total. The molecule has 0 fully saturated rings. The Morgan fingerprint density at radius 3 is 2.06 bits per heavy atom. The van der Waals surface area contributed by atoms with Crippen molar-refractivity contribution in [2.45, 2.75) is 0 Å². The molecule has 0 aliphatic heterocycles. The summed E-state index contributed by atoms with van der Waals surface area (Å²) < 4.78 is 0. The van der Waals surface area contributed by atoms with Crippen molar-refractivity contribution in [3.63, 3.8) is 0 Å². The van der Waals surface area contributed by atoms with Gasteiger partial charge < -0.3 is 11.5 Å². The molecule has 4 nitrogen and oxygen atoms in total. The van der Waals surface area contributed by atoms with Gasteiger partial charge >= 0.3 is 0 Å². The highest BCUT2D eigenvalue weighted by Gasteiger charge is 1.99. The lowest BCUT2D eigenvalue weighted by atomic mass is 10.0. The number of carbonyl (C=O) groups excluding carboxylic acids is 1. The molecule has 0 bridgehead atoms. The van der Waals surface area contributed by atoms with Crippen LogP contribution in [0.5, 0.6) is 0 Å². The summed E-state index contributed by atoms with van der Waals surface area (Å²) in [6, 6.07) is 11.5. The second-order valence-electron chi connectivity index (χ2n) is 3.82. The smallest absolute Gasteiger partial charge is 0.264 e. The number of hydrogen-bond acceptors (Lipinski definition) is 3. The summed E-state index contributed by atoms with van der Waals surface area (Å²) in [5.41, 5.74) is 13.6. The van der Waals surface area contributed by atoms with Crippen LogP contribution in [0.25, 0.3) is 17.2 Å². The zero-order chi connectivity index (χ0) is 13.0. The minimum atomic E-state index is -0.617. The van der Waals surface area contributed by atoms with Crippen LogP contribution in [0.3, 0.4) is 0 Å². The average molecular weight is 239 g/mol. The Morgan fingerprint density at radius 1 is 0.944 bits per heavy atom. The first-order chi connectivity index (χ1) is 8.66. The third-order valence-electron chi connectivity index (χ3n) is 2.53. The fourth-order valence-electron chi connectivity index (χ4n) is 1.57. The molecule has 0 aliphatic carbocycles. The Labute approximate surface area is 105 Å². The molecule has 0 spiro atoms. The van der Waals surface area contributed by atoms with E-state index in [4.69, 9.17) is 11.5 Å². The summed E-state index contributed by atoms with van der Waals surface area (Å²) >= 11 is 0. The van der Waals surface area contributed by atoms with Crippen LogP contribution in [0.1, 0.15) is 5.56 Å². The summed E-state index contributed by atoms with van der Waals surface area (Å²) in [5, 5.41) is 0. The highest BCUT2D eigenvalue weighted by molar-refractivity contribution is 5.95. The number of nitrogens with zero attached hydrogens (tertiary/aromatic N) is 1. The van der Waals surface area contributed by atoms with Gasteiger partial charge in [0, 0.05) is 12.4 Å². The van der Waals surface area contributed by atoms with Crippen LogP contribution in [0, 0.1) is 0 Å². The van der Waals surface area contributed by atoms with Gasteiger partial charge in [-0.05, 0) is 34.9 Å². The highest BCUT2D eigenvalue weighted by atomic mass is 16.1. The van der Waals surface area contributed by atoms with Crippen LogP contribution in [0.15, 0.2) is 54.5 Å². The van der Waals surface area contributed by atoms with Crippen molar-refractivity contribution in [3.05, 3.63) is 60.1 Å². The molecule has 2 rings (SSSR count). The van der Waals surface area contributed by atoms with E-state index < -0.39 is 5.91 Å². The first-order valence-corrected chi connectivity index (χ1v) is 5.44. The number of benzene rings is 1. The predicted octanol–water partition coefficient (Wildman–Crippen LogP) is 1.53. The molecule has 18 heavy (non-hydrogen) atoms. The van der Waals surface area contributed by atoms with Crippen molar-refractivity contribution < 1.29 is 4.79 Å². The lowest BCUT2D eigenvalue weighted by Crippen LogP contribution is -2.19. The molecule has 90 valence electrons. The fourth-order valence-corrected chi connectivity index (χ4v) is 1.57. The van der Waals surface area contributed by atoms with Gasteiger partial charge in [0.2, 0.25) is 0 Å². The van der Waals surface area contributed by atoms with Crippen LogP contribution in [0.4, 0.5) is 0 Å². The van der Waals surface area contributed by atoms with Crippen LogP contribution in [0.2, 0.25) is 0 Å². The first kappa shape index (κ1) is 11.9. The summed E-state index contributed by atoms with van der Waals surface area (Å²) in [6.45, 7) is 0. The quantitative estimate of drug-likeness (QED) is 0.797. The van der Waals surface area contributed by atoms with E-state index in [1.165, 1.54) is 0 Å². The lowest BCUT2D eigenvalue weighted by Gasteiger charge is -2.02. The normalized spacial score (nSPS) is 11.2. The van der Waals surface area contributed by atoms with E-state index in [0.717, 1.165) is 16.7 Å². The largest absolute Gasteiger partial charge is 0.394 e. The molecule has 1 aromatic carbocycles. The zero-order valence-corrected chi connectivity index (χ0v) is 9.71. The highest BCUT2D eigenvalue weighted by Crippen LogP contribution is 2.19. The predicted molar refractivity (Wildman–Crippen MR) is 71.0 cm³/mol. The van der Waals surface area contributed by atoms with Gasteiger partial charge in [-0.25, -0.2) is 0 Å². The molecule has 1 aromatic heterocycles. The minimum Gasteiger partial charge on any atom is -0.394 e. The van der Waals surface area contributed by atoms with Crippen molar-refractivity contribution in [1.82, 2.24) is 4.98 Å². The third-order valence-corrected chi connectivity index (χ3v) is 2.53. The van der Waals surface area contributed by atoms with E-state index in [9.17, 15) is 4.79 Å². The number of carbonyl (C=O) groups is 1. The van der Waals surface area contributed by atoms with Gasteiger partial charge in [-0.15, -0.1) is 0 Å². The number of nitrogens with two attached hydrogens (primary N) is 2. The average Bonchev–Trinajstić information content (AvgIpc) is 2.40. The maximum absolute atomic E-state index is 10.8. The zero-order valence-electron chi connectivity index (χ0n) is 9.71. The summed E-state index contributed by atoms with van der Waals surface area (Å²) in [4.78, 5) is 14.8. The SMILES string of the molecule is NC(=O)/C(N)=C/c1ccc(-c2ccncc2)cc1. The van der Waals surface area contributed by atoms with E-state index in [1.807, 2.05) is 36.4 Å². The van der Waals surface area contributed by atoms with Gasteiger partial charge in [0.15, 0.2) is 0 Å². The van der Waals surface area contributed by atoms with Gasteiger partial charge in [0.25, 0.3) is 5.91 Å². The molecule has 2 aromatic rings. The molecular formula is C14H13N3O. The van der Waals surface area contributed by atoms with E-state index >= 15 is 0 Å². The van der Waals surface area contributed by atoms with E-state index in [1.54, 1.807) is 18.5 Å². The lowest BCUT2D eigenvalue weighted by molar-refractivity contribution is -0.114. The molecule has 0 atom stereocenters. The number of pyridine rings is 1. The van der Waals surface area contributed by atoms with Crippen LogP contribution in [-0.2, 0) is 4.79 Å². The van der Waals surface area contributed by atoms with Crippen LogP contribution < -0.4 is 11.5 Å². The van der Waals surface area contributed by atoms with Crippen molar-refractivity contribution in [2.24, 2.45) is 11.5 Å². The van der Waals surface area contributed by atoms with Crippen molar-refractivity contribution in [3.8, 4) is 11.1 Å². The van der Waals surface area contributed by atoms with Crippen molar-refractivity contribution in [2.75, 3.05) is 0 Å². The maximum Gasteiger partial charge on any atom is 0.264 e. The second kappa shape index (κ2) is 5.14. The fraction of sp³-hybridized carbons (Fsp3) is 0. The molecule has 1 amide bonds. The van der Waals surface area contributed by atoms with E-state index in [-0.39, 0.29) is 5.70 Å².